The number of hydrogen-bond donors (Lipinski definition) is 18. The molecule has 19 N–H and O–H groups in total. The van der Waals surface area contributed by atoms with Gasteiger partial charge in [0.25, 0.3) is 0 Å². The number of nitrogens with two attached hydrogens (primary N) is 1. The van der Waals surface area contributed by atoms with E-state index in [1.54, 1.807) is 20.8 Å². The molecule has 1 heterocycles. The van der Waals surface area contributed by atoms with Gasteiger partial charge in [-0.15, -0.1) is 0 Å². The lowest BCUT2D eigenvalue weighted by Crippen LogP contribution is -2.65. The molecule has 7 unspecified atom stereocenters. The minimum atomic E-state index is -1.50. The fourth-order valence-electron chi connectivity index (χ4n) is 6.16. The quantitative estimate of drug-likeness (QED) is 0.0871. The summed E-state index contributed by atoms with van der Waals surface area (Å²) in [5, 5.41) is 142. The predicted molar refractivity (Wildman–Crippen MR) is 231 cm³/mol. The monoisotopic (exact) mass is 850 g/mol. The SMILES string of the molecule is CC(C)C(=N)C(C)C(O)C(O)C(O)CO.CC(C)C(=N)C(O)C(O)C(O)CO.CC(C)C(=N)C1(O)CC(N)C1.CC(C)C(=N)C1(O)CCC1.CC(C)C(=N)C1(O)CNC1. The van der Waals surface area contributed by atoms with E-state index in [-0.39, 0.29) is 41.3 Å². The summed E-state index contributed by atoms with van der Waals surface area (Å²) in [6.07, 6.45) is -4.57. The fourth-order valence-corrected chi connectivity index (χ4v) is 6.16. The molecule has 3 rings (SSSR count). The van der Waals surface area contributed by atoms with Gasteiger partial charge in [-0.2, -0.15) is 0 Å². The number of aliphatic hydroxyl groups is 11. The van der Waals surface area contributed by atoms with Crippen LogP contribution in [0.1, 0.15) is 108 Å². The minimum Gasteiger partial charge on any atom is -0.394 e. The first kappa shape index (κ1) is 58.9. The van der Waals surface area contributed by atoms with Crippen LogP contribution in [0, 0.1) is 62.6 Å². The average molecular weight is 850 g/mol. The zero-order chi connectivity index (χ0) is 47.0. The molecule has 0 bridgehead atoms. The predicted octanol–water partition coefficient (Wildman–Crippen LogP) is 0.198. The van der Waals surface area contributed by atoms with Gasteiger partial charge in [0.15, 0.2) is 0 Å². The third-order valence-electron chi connectivity index (χ3n) is 10.9. The number of aliphatic hydroxyl groups excluding tert-OH is 8. The first-order chi connectivity index (χ1) is 26.8. The summed E-state index contributed by atoms with van der Waals surface area (Å²) in [6, 6.07) is 0.0964. The van der Waals surface area contributed by atoms with Gasteiger partial charge in [0.2, 0.25) is 0 Å². The first-order valence-electron chi connectivity index (χ1n) is 20.7. The molecule has 18 heteroatoms. The highest BCUT2D eigenvalue weighted by Gasteiger charge is 2.45. The molecule has 348 valence electrons. The number of nitrogens with one attached hydrogen (secondary N) is 6. The van der Waals surface area contributed by atoms with Crippen LogP contribution in [-0.2, 0) is 0 Å². The van der Waals surface area contributed by atoms with Crippen LogP contribution in [0.2, 0.25) is 0 Å². The molecule has 3 aliphatic rings. The molecule has 3 fully saturated rings. The van der Waals surface area contributed by atoms with Crippen molar-refractivity contribution in [1.82, 2.24) is 5.32 Å². The normalized spacial score (nSPS) is 23.6. The van der Waals surface area contributed by atoms with Crippen molar-refractivity contribution in [3.8, 4) is 0 Å². The van der Waals surface area contributed by atoms with Crippen LogP contribution in [-0.4, -0.2) is 171 Å². The summed E-state index contributed by atoms with van der Waals surface area (Å²) >= 11 is 0. The molecular formula is C41H83N7O11. The topological polar surface area (TPSA) is 380 Å². The third kappa shape index (κ3) is 18.4. The maximum atomic E-state index is 9.71. The van der Waals surface area contributed by atoms with Crippen molar-refractivity contribution >= 4 is 28.6 Å². The summed E-state index contributed by atoms with van der Waals surface area (Å²) in [4.78, 5) is 0. The van der Waals surface area contributed by atoms with Crippen molar-refractivity contribution in [2.45, 2.75) is 168 Å². The Morgan fingerprint density at radius 1 is 0.542 bits per heavy atom. The molecule has 1 saturated heterocycles. The van der Waals surface area contributed by atoms with Gasteiger partial charge in [-0.05, 0) is 61.7 Å². The molecule has 0 radical (unpaired) electrons. The molecule has 18 nitrogen and oxygen atoms in total. The smallest absolute Gasteiger partial charge is 0.127 e. The standard InChI is InChI=1S/C10H21NO4.C8H16N2O.C8H17NO4.C8H15NO.C7H14N2O/c1-5(2)8(11)6(3)9(14)10(15)7(13)4-12;1-5(2)7(10)8(11)3-6(9)4-8;1-4(2)6(9)8(13)7(12)5(11)3-10;1-6(2)7(9)8(10)4-3-5-8;1-5(2)6(8)7(10)3-9-4-7/h5-7,9-15H,4H2,1-3H3;5-6,10-11H,3-4,9H2,1-2H3;4-5,7-13H,3H2,1-2H3;6,9-10H,3-5H2,1-2H3;5,8-10H,3-4H2,1-2H3. The molecule has 0 amide bonds. The largest absolute Gasteiger partial charge is 0.394 e. The molecule has 0 spiro atoms. The van der Waals surface area contributed by atoms with Crippen LogP contribution in [0.15, 0.2) is 0 Å². The van der Waals surface area contributed by atoms with Crippen LogP contribution in [0.5, 0.6) is 0 Å². The average Bonchev–Trinajstić information content (AvgIpc) is 3.15. The van der Waals surface area contributed by atoms with Gasteiger partial charge in [0, 0.05) is 53.6 Å². The van der Waals surface area contributed by atoms with Crippen LogP contribution in [0.4, 0.5) is 0 Å². The lowest BCUT2D eigenvalue weighted by molar-refractivity contribution is -0.0847. The number of rotatable bonds is 17. The third-order valence-corrected chi connectivity index (χ3v) is 10.9. The van der Waals surface area contributed by atoms with E-state index in [0.717, 1.165) is 19.3 Å². The van der Waals surface area contributed by atoms with Crippen molar-refractivity contribution in [2.75, 3.05) is 26.3 Å². The molecule has 0 aromatic heterocycles. The molecule has 0 aromatic rings. The van der Waals surface area contributed by atoms with Crippen molar-refractivity contribution in [3.63, 3.8) is 0 Å². The molecule has 2 aliphatic carbocycles. The van der Waals surface area contributed by atoms with E-state index in [9.17, 15) is 35.7 Å². The van der Waals surface area contributed by atoms with E-state index in [1.807, 2.05) is 55.4 Å². The molecule has 1 aliphatic heterocycles. The van der Waals surface area contributed by atoms with Gasteiger partial charge in [-0.1, -0.05) is 76.2 Å². The Hall–Kier alpha value is -2.17. The molecule has 59 heavy (non-hydrogen) atoms. The Morgan fingerprint density at radius 2 is 0.898 bits per heavy atom. The zero-order valence-electron chi connectivity index (χ0n) is 37.4. The van der Waals surface area contributed by atoms with Crippen molar-refractivity contribution in [1.29, 1.82) is 27.0 Å². The van der Waals surface area contributed by atoms with Gasteiger partial charge < -0.3 is 94.3 Å². The second kappa shape index (κ2) is 26.3. The van der Waals surface area contributed by atoms with Crippen LogP contribution < -0.4 is 11.1 Å². The van der Waals surface area contributed by atoms with Gasteiger partial charge >= 0.3 is 0 Å². The highest BCUT2D eigenvalue weighted by atomic mass is 16.4. The maximum absolute atomic E-state index is 9.71. The summed E-state index contributed by atoms with van der Waals surface area (Å²) in [7, 11) is 0. The Morgan fingerprint density at radius 3 is 1.14 bits per heavy atom. The summed E-state index contributed by atoms with van der Waals surface area (Å²) in [5.74, 6) is -0.269. The van der Waals surface area contributed by atoms with E-state index >= 15 is 0 Å². The summed E-state index contributed by atoms with van der Waals surface area (Å²) in [5.41, 5.74) is 4.78. The minimum absolute atomic E-state index is 0.0203. The van der Waals surface area contributed by atoms with E-state index in [2.05, 4.69) is 5.32 Å². The van der Waals surface area contributed by atoms with Crippen molar-refractivity contribution < 1.29 is 56.2 Å². The lowest BCUT2D eigenvalue weighted by atomic mass is 9.70. The molecular weight excluding hydrogens is 766 g/mol. The molecule has 2 saturated carbocycles. The van der Waals surface area contributed by atoms with Gasteiger partial charge in [0.1, 0.15) is 47.3 Å². The maximum Gasteiger partial charge on any atom is 0.127 e. The van der Waals surface area contributed by atoms with E-state index < -0.39 is 72.6 Å². The summed E-state index contributed by atoms with van der Waals surface area (Å²) < 4.78 is 0. The second-order valence-electron chi connectivity index (χ2n) is 17.9. The first-order valence-corrected chi connectivity index (χ1v) is 20.7. The molecule has 0 aromatic carbocycles. The fraction of sp³-hybridized carbons (Fsp3) is 0.878. The highest BCUT2D eigenvalue weighted by molar-refractivity contribution is 5.93. The Kier molecular flexibility index (Phi) is 26.3. The van der Waals surface area contributed by atoms with Crippen molar-refractivity contribution in [3.05, 3.63) is 0 Å². The van der Waals surface area contributed by atoms with Crippen LogP contribution in [0.25, 0.3) is 0 Å². The van der Waals surface area contributed by atoms with E-state index in [0.29, 0.717) is 48.8 Å². The van der Waals surface area contributed by atoms with E-state index in [1.165, 1.54) is 0 Å². The number of hydrogen-bond acceptors (Lipinski definition) is 18. The Labute approximate surface area is 351 Å². The van der Waals surface area contributed by atoms with Crippen LogP contribution >= 0.6 is 0 Å². The Balaban J connectivity index is 0. The Bertz CT molecular complexity index is 1260. The van der Waals surface area contributed by atoms with Gasteiger partial charge in [-0.25, -0.2) is 0 Å². The highest BCUT2D eigenvalue weighted by Crippen LogP contribution is 2.35. The lowest BCUT2D eigenvalue weighted by Gasteiger charge is -2.43. The second-order valence-corrected chi connectivity index (χ2v) is 17.9. The van der Waals surface area contributed by atoms with Crippen molar-refractivity contribution in [2.24, 2.45) is 41.2 Å². The van der Waals surface area contributed by atoms with Gasteiger partial charge in [0.05, 0.1) is 19.3 Å². The van der Waals surface area contributed by atoms with Crippen LogP contribution in [0.3, 0.4) is 0 Å². The zero-order valence-corrected chi connectivity index (χ0v) is 37.4. The molecule has 7 atom stereocenters. The number of β-amino-alcohol motifs (C(OH)–C–C–N with tert-alkyl or cyclic N) is 1. The van der Waals surface area contributed by atoms with E-state index in [4.69, 9.17) is 53.2 Å². The summed E-state index contributed by atoms with van der Waals surface area (Å²) in [6.45, 7) is 20.1. The van der Waals surface area contributed by atoms with Gasteiger partial charge in [-0.3, -0.25) is 0 Å².